The summed E-state index contributed by atoms with van der Waals surface area (Å²) in [4.78, 5) is 7.71. The summed E-state index contributed by atoms with van der Waals surface area (Å²) in [5, 5.41) is 3.42. The van der Waals surface area contributed by atoms with Crippen molar-refractivity contribution in [2.24, 2.45) is 0 Å². The number of ether oxygens (including phenoxy) is 2. The Bertz CT molecular complexity index is 991. The number of aromatic nitrogens is 1. The third-order valence-electron chi connectivity index (χ3n) is 5.46. The third-order valence-corrected chi connectivity index (χ3v) is 6.57. The molecule has 0 spiro atoms. The largest absolute Gasteiger partial charge is 0.493 e. The van der Waals surface area contributed by atoms with E-state index in [0.29, 0.717) is 4.47 Å². The molecule has 0 fully saturated rings. The number of nitrogens with zero attached hydrogens (tertiary/aromatic N) is 2. The highest BCUT2D eigenvalue weighted by molar-refractivity contribution is 7.15. The minimum absolute atomic E-state index is 0.583. The standard InChI is InChI=1S/C23H26ClN3O2S/c1-28-21-11-17-8-10-27(15-18(17)12-22(21)29-2)9-7-16-3-5-19(6-4-16)25-13-20-14-26-23(24)30-20/h3-6,11-12,14,25H,7-10,13,15H2,1-2H3. The highest BCUT2D eigenvalue weighted by Crippen LogP contribution is 2.33. The van der Waals surface area contributed by atoms with Gasteiger partial charge in [-0.2, -0.15) is 0 Å². The summed E-state index contributed by atoms with van der Waals surface area (Å²) in [6, 6.07) is 12.9. The number of rotatable bonds is 8. The van der Waals surface area contributed by atoms with Crippen molar-refractivity contribution in [3.63, 3.8) is 0 Å². The molecule has 0 bridgehead atoms. The number of thiazole rings is 1. The van der Waals surface area contributed by atoms with Gasteiger partial charge >= 0.3 is 0 Å². The molecule has 0 aliphatic carbocycles. The molecule has 0 saturated heterocycles. The molecule has 0 saturated carbocycles. The van der Waals surface area contributed by atoms with Crippen molar-refractivity contribution in [1.82, 2.24) is 9.88 Å². The first kappa shape index (κ1) is 21.0. The number of fused-ring (bicyclic) bond motifs is 1. The van der Waals surface area contributed by atoms with Gasteiger partial charge in [0, 0.05) is 36.4 Å². The molecule has 0 amide bonds. The molecular weight excluding hydrogens is 418 g/mol. The monoisotopic (exact) mass is 443 g/mol. The van der Waals surface area contributed by atoms with Crippen molar-refractivity contribution in [1.29, 1.82) is 0 Å². The average molecular weight is 444 g/mol. The number of nitrogens with one attached hydrogen (secondary N) is 1. The van der Waals surface area contributed by atoms with Crippen LogP contribution in [0.1, 0.15) is 21.6 Å². The number of methoxy groups -OCH3 is 2. The van der Waals surface area contributed by atoms with Gasteiger partial charge in [-0.25, -0.2) is 4.98 Å². The minimum atomic E-state index is 0.583. The summed E-state index contributed by atoms with van der Waals surface area (Å²) in [5.41, 5.74) is 5.15. The van der Waals surface area contributed by atoms with E-state index in [1.807, 2.05) is 6.20 Å². The van der Waals surface area contributed by atoms with Gasteiger partial charge < -0.3 is 14.8 Å². The fourth-order valence-corrected chi connectivity index (χ4v) is 4.68. The van der Waals surface area contributed by atoms with Crippen molar-refractivity contribution in [2.75, 3.05) is 32.6 Å². The Labute approximate surface area is 186 Å². The highest BCUT2D eigenvalue weighted by Gasteiger charge is 2.19. The minimum Gasteiger partial charge on any atom is -0.493 e. The normalized spacial score (nSPS) is 13.7. The van der Waals surface area contributed by atoms with Crippen LogP contribution in [0.4, 0.5) is 5.69 Å². The summed E-state index contributed by atoms with van der Waals surface area (Å²) in [7, 11) is 3.38. The van der Waals surface area contributed by atoms with Crippen molar-refractivity contribution >= 4 is 28.6 Å². The molecule has 7 heteroatoms. The summed E-state index contributed by atoms with van der Waals surface area (Å²) in [6.45, 7) is 3.80. The molecule has 2 aromatic carbocycles. The smallest absolute Gasteiger partial charge is 0.183 e. The van der Waals surface area contributed by atoms with E-state index in [1.54, 1.807) is 14.2 Å². The maximum Gasteiger partial charge on any atom is 0.183 e. The molecule has 3 aromatic rings. The Balaban J connectivity index is 1.30. The highest BCUT2D eigenvalue weighted by atomic mass is 35.5. The SMILES string of the molecule is COc1cc2c(cc1OC)CN(CCc1ccc(NCc3cnc(Cl)s3)cc1)CC2. The lowest BCUT2D eigenvalue weighted by Crippen LogP contribution is -2.32. The molecular formula is C23H26ClN3O2S. The Morgan fingerprint density at radius 2 is 1.83 bits per heavy atom. The first-order chi connectivity index (χ1) is 14.6. The molecule has 1 N–H and O–H groups in total. The maximum atomic E-state index is 5.88. The van der Waals surface area contributed by atoms with E-state index in [9.17, 15) is 0 Å². The second-order valence-electron chi connectivity index (χ2n) is 7.38. The van der Waals surface area contributed by atoms with E-state index in [4.69, 9.17) is 21.1 Å². The molecule has 158 valence electrons. The molecule has 2 heterocycles. The third kappa shape index (κ3) is 5.06. The average Bonchev–Trinajstić information content (AvgIpc) is 3.20. The summed E-state index contributed by atoms with van der Waals surface area (Å²) in [6.07, 6.45) is 3.89. The van der Waals surface area contributed by atoms with Crippen molar-refractivity contribution in [2.45, 2.75) is 25.9 Å². The Kier molecular flexibility index (Phi) is 6.77. The fraction of sp³-hybridized carbons (Fsp3) is 0.348. The van der Waals surface area contributed by atoms with Gasteiger partial charge in [0.2, 0.25) is 0 Å². The van der Waals surface area contributed by atoms with Crippen LogP contribution in [-0.4, -0.2) is 37.2 Å². The van der Waals surface area contributed by atoms with Crippen LogP contribution in [-0.2, 0) is 25.9 Å². The zero-order valence-electron chi connectivity index (χ0n) is 17.3. The van der Waals surface area contributed by atoms with E-state index in [-0.39, 0.29) is 0 Å². The van der Waals surface area contributed by atoms with Crippen LogP contribution in [0.3, 0.4) is 0 Å². The van der Waals surface area contributed by atoms with Crippen LogP contribution in [0, 0.1) is 0 Å². The molecule has 30 heavy (non-hydrogen) atoms. The van der Waals surface area contributed by atoms with Crippen LogP contribution in [0.5, 0.6) is 11.5 Å². The van der Waals surface area contributed by atoms with Crippen LogP contribution < -0.4 is 14.8 Å². The summed E-state index contributed by atoms with van der Waals surface area (Å²) < 4.78 is 11.5. The van der Waals surface area contributed by atoms with Crippen LogP contribution in [0.15, 0.2) is 42.6 Å². The van der Waals surface area contributed by atoms with Crippen LogP contribution in [0.2, 0.25) is 4.47 Å². The molecule has 1 aliphatic heterocycles. The van der Waals surface area contributed by atoms with E-state index in [2.05, 4.69) is 51.6 Å². The van der Waals surface area contributed by atoms with Crippen molar-refractivity contribution in [3.8, 4) is 11.5 Å². The Morgan fingerprint density at radius 1 is 1.10 bits per heavy atom. The second kappa shape index (κ2) is 9.69. The van der Waals surface area contributed by atoms with Gasteiger partial charge in [-0.05, 0) is 53.8 Å². The second-order valence-corrected chi connectivity index (χ2v) is 9.08. The van der Waals surface area contributed by atoms with Crippen LogP contribution in [0.25, 0.3) is 0 Å². The van der Waals surface area contributed by atoms with Gasteiger partial charge in [0.1, 0.15) is 0 Å². The summed E-state index contributed by atoms with van der Waals surface area (Å²) in [5.74, 6) is 1.62. The zero-order valence-corrected chi connectivity index (χ0v) is 18.9. The molecule has 0 radical (unpaired) electrons. The molecule has 5 nitrogen and oxygen atoms in total. The molecule has 1 aromatic heterocycles. The van der Waals surface area contributed by atoms with E-state index in [0.717, 1.165) is 61.1 Å². The van der Waals surface area contributed by atoms with Gasteiger partial charge in [0.25, 0.3) is 0 Å². The quantitative estimate of drug-likeness (QED) is 0.529. The van der Waals surface area contributed by atoms with Gasteiger partial charge in [-0.3, -0.25) is 4.90 Å². The van der Waals surface area contributed by atoms with E-state index in [1.165, 1.54) is 28.0 Å². The predicted molar refractivity (Wildman–Crippen MR) is 123 cm³/mol. The molecule has 0 atom stereocenters. The van der Waals surface area contributed by atoms with E-state index >= 15 is 0 Å². The maximum absolute atomic E-state index is 5.88. The van der Waals surface area contributed by atoms with Gasteiger partial charge in [-0.15, -0.1) is 11.3 Å². The molecule has 0 unspecified atom stereocenters. The first-order valence-corrected chi connectivity index (χ1v) is 11.2. The fourth-order valence-electron chi connectivity index (χ4n) is 3.76. The lowest BCUT2D eigenvalue weighted by Gasteiger charge is -2.29. The number of hydrogen-bond acceptors (Lipinski definition) is 6. The van der Waals surface area contributed by atoms with Crippen LogP contribution >= 0.6 is 22.9 Å². The number of benzene rings is 2. The number of anilines is 1. The molecule has 4 rings (SSSR count). The topological polar surface area (TPSA) is 46.6 Å². The van der Waals surface area contributed by atoms with Gasteiger partial charge in [0.15, 0.2) is 16.0 Å². The Hall–Kier alpha value is -2.28. The molecule has 1 aliphatic rings. The van der Waals surface area contributed by atoms with Gasteiger partial charge in [0.05, 0.1) is 20.8 Å². The van der Waals surface area contributed by atoms with Gasteiger partial charge in [-0.1, -0.05) is 23.7 Å². The first-order valence-electron chi connectivity index (χ1n) is 10.0. The summed E-state index contributed by atoms with van der Waals surface area (Å²) >= 11 is 7.39. The number of hydrogen-bond donors (Lipinski definition) is 1. The predicted octanol–water partition coefficient (Wildman–Crippen LogP) is 5.03. The van der Waals surface area contributed by atoms with Crippen molar-refractivity contribution in [3.05, 3.63) is 68.6 Å². The van der Waals surface area contributed by atoms with E-state index < -0.39 is 0 Å². The lowest BCUT2D eigenvalue weighted by atomic mass is 9.98. The van der Waals surface area contributed by atoms with Crippen molar-refractivity contribution < 1.29 is 9.47 Å². The zero-order chi connectivity index (χ0) is 20.9. The lowest BCUT2D eigenvalue weighted by molar-refractivity contribution is 0.255. The Morgan fingerprint density at radius 3 is 2.50 bits per heavy atom. The number of halogens is 1.